The molecule has 2 heterocycles. The number of aromatic nitrogens is 4. The van der Waals surface area contributed by atoms with E-state index >= 15 is 0 Å². The average Bonchev–Trinajstić information content (AvgIpc) is 3.01. The molecule has 0 N–H and O–H groups in total. The second-order valence-electron chi connectivity index (χ2n) is 5.29. The van der Waals surface area contributed by atoms with Gasteiger partial charge in [-0.3, -0.25) is 4.68 Å². The summed E-state index contributed by atoms with van der Waals surface area (Å²) in [6, 6.07) is 0. The third kappa shape index (κ3) is 3.24. The summed E-state index contributed by atoms with van der Waals surface area (Å²) in [5.74, 6) is 1.40. The Bertz CT molecular complexity index is 582. The van der Waals surface area contributed by atoms with Crippen LogP contribution >= 0.6 is 11.6 Å². The van der Waals surface area contributed by atoms with Gasteiger partial charge in [0, 0.05) is 13.6 Å². The molecule has 0 saturated heterocycles. The van der Waals surface area contributed by atoms with Crippen LogP contribution in [0.4, 0.5) is 0 Å². The summed E-state index contributed by atoms with van der Waals surface area (Å²) in [5, 5.41) is 4.56. The standard InChI is InChI=1S/C15H26ClN5/c1-5-12-14-15(19(4)18-12)21(13(11-16)17-14)10-8-9-20(6-2)7-3/h5-11H2,1-4H3. The molecule has 6 heteroatoms. The molecule has 2 rings (SSSR count). The lowest BCUT2D eigenvalue weighted by molar-refractivity contribution is 0.293. The number of rotatable bonds is 8. The fraction of sp³-hybridized carbons (Fsp3) is 0.733. The quantitative estimate of drug-likeness (QED) is 0.704. The van der Waals surface area contributed by atoms with Crippen LogP contribution in [0.3, 0.4) is 0 Å². The molecule has 21 heavy (non-hydrogen) atoms. The van der Waals surface area contributed by atoms with E-state index in [-0.39, 0.29) is 0 Å². The zero-order chi connectivity index (χ0) is 15.4. The van der Waals surface area contributed by atoms with E-state index in [0.717, 1.165) is 61.7 Å². The van der Waals surface area contributed by atoms with E-state index in [1.807, 2.05) is 11.7 Å². The van der Waals surface area contributed by atoms with Gasteiger partial charge < -0.3 is 9.47 Å². The molecule has 0 amide bonds. The molecule has 118 valence electrons. The highest BCUT2D eigenvalue weighted by Crippen LogP contribution is 2.21. The topological polar surface area (TPSA) is 38.9 Å². The fourth-order valence-corrected chi connectivity index (χ4v) is 3.06. The van der Waals surface area contributed by atoms with E-state index in [9.17, 15) is 0 Å². The van der Waals surface area contributed by atoms with Crippen LogP contribution in [0.25, 0.3) is 11.2 Å². The van der Waals surface area contributed by atoms with Gasteiger partial charge in [-0.25, -0.2) is 4.98 Å². The van der Waals surface area contributed by atoms with Gasteiger partial charge in [-0.2, -0.15) is 5.10 Å². The van der Waals surface area contributed by atoms with Gasteiger partial charge in [0.05, 0.1) is 11.6 Å². The number of alkyl halides is 1. The first-order valence-corrected chi connectivity index (χ1v) is 8.38. The van der Waals surface area contributed by atoms with Crippen LogP contribution in [-0.2, 0) is 25.9 Å². The first-order chi connectivity index (χ1) is 10.2. The Balaban J connectivity index is 2.23. The van der Waals surface area contributed by atoms with Crippen molar-refractivity contribution in [3.63, 3.8) is 0 Å². The van der Waals surface area contributed by atoms with Crippen molar-refractivity contribution in [1.82, 2.24) is 24.2 Å². The van der Waals surface area contributed by atoms with E-state index in [2.05, 4.69) is 35.3 Å². The molecule has 2 aromatic heterocycles. The smallest absolute Gasteiger partial charge is 0.158 e. The van der Waals surface area contributed by atoms with Gasteiger partial charge in [0.25, 0.3) is 0 Å². The highest BCUT2D eigenvalue weighted by atomic mass is 35.5. The molecule has 0 spiro atoms. The van der Waals surface area contributed by atoms with E-state index in [1.54, 1.807) is 0 Å². The minimum Gasteiger partial charge on any atom is -0.312 e. The minimum atomic E-state index is 0.448. The van der Waals surface area contributed by atoms with Crippen LogP contribution in [0.1, 0.15) is 38.7 Å². The summed E-state index contributed by atoms with van der Waals surface area (Å²) in [4.78, 5) is 7.13. The average molecular weight is 312 g/mol. The van der Waals surface area contributed by atoms with E-state index < -0.39 is 0 Å². The SMILES string of the molecule is CCc1nn(C)c2c1nc(CCl)n2CCCN(CC)CC. The Kier molecular flexibility index (Phi) is 5.65. The van der Waals surface area contributed by atoms with Gasteiger partial charge in [-0.15, -0.1) is 11.6 Å². The van der Waals surface area contributed by atoms with E-state index in [4.69, 9.17) is 16.6 Å². The maximum atomic E-state index is 6.08. The van der Waals surface area contributed by atoms with Gasteiger partial charge in [-0.1, -0.05) is 20.8 Å². The summed E-state index contributed by atoms with van der Waals surface area (Å²) >= 11 is 6.08. The maximum absolute atomic E-state index is 6.08. The Labute approximate surface area is 131 Å². The van der Waals surface area contributed by atoms with Gasteiger partial charge >= 0.3 is 0 Å². The number of hydrogen-bond donors (Lipinski definition) is 0. The number of halogens is 1. The predicted molar refractivity (Wildman–Crippen MR) is 87.8 cm³/mol. The highest BCUT2D eigenvalue weighted by Gasteiger charge is 2.17. The van der Waals surface area contributed by atoms with Crippen molar-refractivity contribution >= 4 is 22.8 Å². The molecule has 0 unspecified atom stereocenters. The van der Waals surface area contributed by atoms with Gasteiger partial charge in [0.1, 0.15) is 11.3 Å². The molecule has 0 saturated carbocycles. The van der Waals surface area contributed by atoms with Gasteiger partial charge in [0.15, 0.2) is 5.65 Å². The molecule has 0 bridgehead atoms. The van der Waals surface area contributed by atoms with Crippen LogP contribution in [0.2, 0.25) is 0 Å². The largest absolute Gasteiger partial charge is 0.312 e. The van der Waals surface area contributed by atoms with E-state index in [1.165, 1.54) is 0 Å². The van der Waals surface area contributed by atoms with Crippen LogP contribution in [0.15, 0.2) is 0 Å². The van der Waals surface area contributed by atoms with Crippen molar-refractivity contribution < 1.29 is 0 Å². The summed E-state index contributed by atoms with van der Waals surface area (Å²) in [5.41, 5.74) is 3.17. The normalized spacial score (nSPS) is 11.9. The lowest BCUT2D eigenvalue weighted by Gasteiger charge is -2.18. The van der Waals surface area contributed by atoms with E-state index in [0.29, 0.717) is 5.88 Å². The lowest BCUT2D eigenvalue weighted by atomic mass is 10.3. The number of imidazole rings is 1. The Morgan fingerprint density at radius 1 is 1.19 bits per heavy atom. The number of aryl methyl sites for hydroxylation is 3. The molecule has 0 aromatic carbocycles. The Morgan fingerprint density at radius 2 is 1.90 bits per heavy atom. The molecule has 0 fully saturated rings. The van der Waals surface area contributed by atoms with Crippen LogP contribution in [0.5, 0.6) is 0 Å². The first kappa shape index (κ1) is 16.3. The summed E-state index contributed by atoms with van der Waals surface area (Å²) in [7, 11) is 1.99. The zero-order valence-corrected chi connectivity index (χ0v) is 14.3. The number of hydrogen-bond acceptors (Lipinski definition) is 3. The summed E-state index contributed by atoms with van der Waals surface area (Å²) in [6.45, 7) is 10.8. The maximum Gasteiger partial charge on any atom is 0.158 e. The van der Waals surface area contributed by atoms with Crippen molar-refractivity contribution in [2.24, 2.45) is 7.05 Å². The molecular formula is C15H26ClN5. The highest BCUT2D eigenvalue weighted by molar-refractivity contribution is 6.16. The fourth-order valence-electron chi connectivity index (χ4n) is 2.85. The van der Waals surface area contributed by atoms with Gasteiger partial charge in [0.2, 0.25) is 0 Å². The molecule has 0 aliphatic rings. The van der Waals surface area contributed by atoms with Crippen molar-refractivity contribution in [2.45, 2.75) is 46.0 Å². The molecular weight excluding hydrogens is 286 g/mol. The monoisotopic (exact) mass is 311 g/mol. The predicted octanol–water partition coefficient (Wildman–Crippen LogP) is 2.80. The molecule has 0 aliphatic heterocycles. The third-order valence-corrected chi connectivity index (χ3v) is 4.31. The summed E-state index contributed by atoms with van der Waals surface area (Å²) < 4.78 is 4.17. The van der Waals surface area contributed by atoms with Crippen molar-refractivity contribution in [3.05, 3.63) is 11.5 Å². The summed E-state index contributed by atoms with van der Waals surface area (Å²) in [6.07, 6.45) is 2.00. The molecule has 0 aliphatic carbocycles. The number of nitrogens with zero attached hydrogens (tertiary/aromatic N) is 5. The van der Waals surface area contributed by atoms with Gasteiger partial charge in [-0.05, 0) is 32.5 Å². The third-order valence-electron chi connectivity index (χ3n) is 4.08. The Hall–Kier alpha value is -1.07. The van der Waals surface area contributed by atoms with Crippen molar-refractivity contribution in [2.75, 3.05) is 19.6 Å². The molecule has 0 atom stereocenters. The zero-order valence-electron chi connectivity index (χ0n) is 13.6. The second-order valence-corrected chi connectivity index (χ2v) is 5.56. The second kappa shape index (κ2) is 7.27. The van der Waals surface area contributed by atoms with Crippen LogP contribution < -0.4 is 0 Å². The van der Waals surface area contributed by atoms with Crippen molar-refractivity contribution in [3.8, 4) is 0 Å². The van der Waals surface area contributed by atoms with Crippen LogP contribution in [0, 0.1) is 0 Å². The number of fused-ring (bicyclic) bond motifs is 1. The van der Waals surface area contributed by atoms with Crippen molar-refractivity contribution in [1.29, 1.82) is 0 Å². The van der Waals surface area contributed by atoms with Crippen LogP contribution in [-0.4, -0.2) is 43.9 Å². The molecule has 2 aromatic rings. The molecule has 5 nitrogen and oxygen atoms in total. The molecule has 0 radical (unpaired) electrons. The minimum absolute atomic E-state index is 0.448. The Morgan fingerprint density at radius 3 is 2.48 bits per heavy atom. The lowest BCUT2D eigenvalue weighted by Crippen LogP contribution is -2.25. The first-order valence-electron chi connectivity index (χ1n) is 7.85.